The van der Waals surface area contributed by atoms with Gasteiger partial charge in [-0.1, -0.05) is 6.07 Å². The van der Waals surface area contributed by atoms with Crippen molar-refractivity contribution >= 4 is 17.8 Å². The molecule has 4 heterocycles. The van der Waals surface area contributed by atoms with Gasteiger partial charge in [-0.2, -0.15) is 0 Å². The highest BCUT2D eigenvalue weighted by Gasteiger charge is 2.54. The summed E-state index contributed by atoms with van der Waals surface area (Å²) in [6.07, 6.45) is 0.0519. The predicted octanol–water partition coefficient (Wildman–Crippen LogP) is 4.69. The fourth-order valence-electron chi connectivity index (χ4n) is 8.50. The van der Waals surface area contributed by atoms with Crippen LogP contribution in [0.3, 0.4) is 0 Å². The minimum Gasteiger partial charge on any atom is -0.493 e. The van der Waals surface area contributed by atoms with Crippen molar-refractivity contribution in [1.82, 2.24) is 10.4 Å². The molecule has 8 rings (SSSR count). The number of hydrogen-bond acceptors (Lipinski definition) is 13. The van der Waals surface area contributed by atoms with Crippen molar-refractivity contribution in [2.24, 2.45) is 11.8 Å². The minimum absolute atomic E-state index is 0.00672. The first-order valence-corrected chi connectivity index (χ1v) is 17.8. The average molecular weight is 758 g/mol. The van der Waals surface area contributed by atoms with Crippen LogP contribution in [0.2, 0.25) is 0 Å². The normalized spacial score (nSPS) is 24.2. The first kappa shape index (κ1) is 36.3. The van der Waals surface area contributed by atoms with Gasteiger partial charge in [0, 0.05) is 17.4 Å². The molecule has 15 heteroatoms. The Labute approximate surface area is 316 Å². The van der Waals surface area contributed by atoms with Crippen LogP contribution in [-0.4, -0.2) is 75.5 Å². The number of carbonyl (C=O) groups is 3. The van der Waals surface area contributed by atoms with Gasteiger partial charge in [0.2, 0.25) is 25.4 Å². The summed E-state index contributed by atoms with van der Waals surface area (Å²) in [7, 11) is 4.53. The van der Waals surface area contributed by atoms with Crippen LogP contribution in [0.4, 0.5) is 0 Å². The van der Waals surface area contributed by atoms with Crippen molar-refractivity contribution in [2.75, 3.05) is 41.5 Å². The van der Waals surface area contributed by atoms with Crippen LogP contribution in [-0.2, 0) is 29.1 Å². The summed E-state index contributed by atoms with van der Waals surface area (Å²) >= 11 is 0. The van der Waals surface area contributed by atoms with E-state index in [1.807, 2.05) is 6.07 Å². The molecule has 1 aliphatic carbocycles. The Hall–Kier alpha value is -5.67. The zero-order valence-corrected chi connectivity index (χ0v) is 31.4. The highest BCUT2D eigenvalue weighted by atomic mass is 16.7. The van der Waals surface area contributed by atoms with Crippen molar-refractivity contribution in [3.8, 4) is 40.2 Å². The standard InChI is InChI=1S/C40H41N2O13/c1-39(2)15-24(40(3,4)42(39)46)37(44)55-34(19-8-9-25-26(10-19)52-17-51-25)36(43)41-33-22-14-28-27(53-18-54-28)13-21(22)31(32-23(33)16-50-38(32)45)20-11-29(47-5)35(49-7)30(12-20)48-6/h8-15,23,31-34H,16-18H2,1-7H3,(H,41,43)/t23-,31+,32-,33+,34?/m0/s1. The van der Waals surface area contributed by atoms with Crippen molar-refractivity contribution in [3.63, 3.8) is 0 Å². The molecule has 4 aliphatic heterocycles. The van der Waals surface area contributed by atoms with Crippen molar-refractivity contribution in [1.29, 1.82) is 0 Å². The van der Waals surface area contributed by atoms with Crippen LogP contribution < -0.4 is 38.5 Å². The van der Waals surface area contributed by atoms with Crippen molar-refractivity contribution < 1.29 is 62.2 Å². The number of hydrogen-bond donors (Lipinski definition) is 1. The number of nitrogens with zero attached hydrogens (tertiary/aromatic N) is 1. The van der Waals surface area contributed by atoms with Crippen molar-refractivity contribution in [2.45, 2.75) is 56.8 Å². The molecule has 1 unspecified atom stereocenters. The summed E-state index contributed by atoms with van der Waals surface area (Å²) < 4.78 is 51.4. The molecular weight excluding hydrogens is 716 g/mol. The molecule has 0 saturated carbocycles. The molecule has 3 aromatic rings. The monoisotopic (exact) mass is 757 g/mol. The van der Waals surface area contributed by atoms with Gasteiger partial charge >= 0.3 is 11.9 Å². The van der Waals surface area contributed by atoms with Crippen molar-refractivity contribution in [3.05, 3.63) is 76.4 Å². The van der Waals surface area contributed by atoms with Crippen LogP contribution in [0.15, 0.2) is 54.1 Å². The molecule has 55 heavy (non-hydrogen) atoms. The van der Waals surface area contributed by atoms with E-state index in [0.29, 0.717) is 62.5 Å². The molecule has 5 atom stereocenters. The van der Waals surface area contributed by atoms with Gasteiger partial charge in [-0.3, -0.25) is 9.59 Å². The number of esters is 2. The van der Waals surface area contributed by atoms with Gasteiger partial charge in [-0.15, -0.1) is 10.3 Å². The highest BCUT2D eigenvalue weighted by Crippen LogP contribution is 2.56. The third kappa shape index (κ3) is 5.84. The van der Waals surface area contributed by atoms with Gasteiger partial charge in [0.15, 0.2) is 34.5 Å². The fourth-order valence-corrected chi connectivity index (χ4v) is 8.50. The molecular formula is C40H41N2O13. The quantitative estimate of drug-likeness (QED) is 0.299. The number of ether oxygens (including phenoxy) is 9. The molecule has 1 N–H and O–H groups in total. The molecule has 1 amide bonds. The summed E-state index contributed by atoms with van der Waals surface area (Å²) in [5.41, 5.74) is 0.194. The zero-order chi connectivity index (χ0) is 39.0. The number of hydroxylamine groups is 2. The smallest absolute Gasteiger partial charge is 0.336 e. The molecule has 1 saturated heterocycles. The van der Waals surface area contributed by atoms with E-state index in [4.69, 9.17) is 42.6 Å². The molecule has 0 bridgehead atoms. The second-order valence-corrected chi connectivity index (χ2v) is 15.0. The third-order valence-electron chi connectivity index (χ3n) is 11.1. The summed E-state index contributed by atoms with van der Waals surface area (Å²) in [5, 5.41) is 17.1. The van der Waals surface area contributed by atoms with Crippen LogP contribution in [0, 0.1) is 11.8 Å². The van der Waals surface area contributed by atoms with Gasteiger partial charge in [0.1, 0.15) is 0 Å². The fraction of sp³-hybridized carbons (Fsp3) is 0.425. The van der Waals surface area contributed by atoms with Crippen LogP contribution in [0.25, 0.3) is 0 Å². The van der Waals surface area contributed by atoms with Gasteiger partial charge in [0.05, 0.1) is 56.5 Å². The number of fused-ring (bicyclic) bond motifs is 4. The lowest BCUT2D eigenvalue weighted by Crippen LogP contribution is -2.48. The summed E-state index contributed by atoms with van der Waals surface area (Å²) in [6.45, 7) is 6.62. The molecule has 5 aliphatic rings. The van der Waals surface area contributed by atoms with E-state index in [2.05, 4.69) is 5.32 Å². The highest BCUT2D eigenvalue weighted by molar-refractivity contribution is 5.95. The van der Waals surface area contributed by atoms with Gasteiger partial charge in [-0.25, -0.2) is 4.79 Å². The van der Waals surface area contributed by atoms with Crippen LogP contribution in [0.5, 0.6) is 40.2 Å². The Morgan fingerprint density at radius 3 is 2.04 bits per heavy atom. The summed E-state index contributed by atoms with van der Waals surface area (Å²) in [5.74, 6) is -0.950. The Morgan fingerprint density at radius 2 is 1.44 bits per heavy atom. The summed E-state index contributed by atoms with van der Waals surface area (Å²) in [4.78, 5) is 42.5. The summed E-state index contributed by atoms with van der Waals surface area (Å²) in [6, 6.07) is 11.2. The molecule has 0 spiro atoms. The maximum absolute atomic E-state index is 14.7. The van der Waals surface area contributed by atoms with E-state index < -0.39 is 58.8 Å². The van der Waals surface area contributed by atoms with Crippen LogP contribution >= 0.6 is 0 Å². The van der Waals surface area contributed by atoms with E-state index in [1.165, 1.54) is 21.3 Å². The maximum Gasteiger partial charge on any atom is 0.336 e. The first-order valence-electron chi connectivity index (χ1n) is 17.8. The second kappa shape index (κ2) is 13.3. The number of rotatable bonds is 9. The number of benzene rings is 3. The van der Waals surface area contributed by atoms with Gasteiger partial charge in [-0.05, 0) is 86.9 Å². The molecule has 1 fully saturated rings. The molecule has 289 valence electrons. The van der Waals surface area contributed by atoms with E-state index in [9.17, 15) is 19.6 Å². The number of cyclic esters (lactones) is 1. The van der Waals surface area contributed by atoms with E-state index >= 15 is 0 Å². The maximum atomic E-state index is 14.7. The number of carbonyl (C=O) groups excluding carboxylic acids is 3. The Balaban J connectivity index is 1.21. The topological polar surface area (TPSA) is 169 Å². The van der Waals surface area contributed by atoms with Crippen LogP contribution in [0.1, 0.15) is 68.0 Å². The lowest BCUT2D eigenvalue weighted by atomic mass is 9.65. The predicted molar refractivity (Wildman–Crippen MR) is 189 cm³/mol. The minimum atomic E-state index is -1.51. The number of nitrogens with one attached hydrogen (secondary N) is 1. The lowest BCUT2D eigenvalue weighted by Gasteiger charge is -2.40. The Morgan fingerprint density at radius 1 is 0.818 bits per heavy atom. The SMILES string of the molecule is COc1cc([C@@H]2c3cc4c(cc3[C@@H](NC(=O)C(OC(=O)C3=CC(C)(C)N([O])C3(C)C)c3ccc5c(c3)OCO5)[C@H]3COC(=O)[C@H]23)OCO4)cc(OC)c1OC. The molecule has 15 nitrogen and oxygen atoms in total. The molecule has 1 radical (unpaired) electrons. The van der Waals surface area contributed by atoms with E-state index in [0.717, 1.165) is 5.06 Å². The lowest BCUT2D eigenvalue weighted by molar-refractivity contribution is -0.239. The molecule has 3 aromatic carbocycles. The average Bonchev–Trinajstić information content (AvgIpc) is 3.96. The largest absolute Gasteiger partial charge is 0.493 e. The number of amides is 1. The second-order valence-electron chi connectivity index (χ2n) is 15.0. The first-order chi connectivity index (χ1) is 26.3. The van der Waals surface area contributed by atoms with Gasteiger partial charge < -0.3 is 47.9 Å². The molecule has 0 aromatic heterocycles. The Bertz CT molecular complexity index is 2100. The third-order valence-corrected chi connectivity index (χ3v) is 11.1. The van der Waals surface area contributed by atoms with E-state index in [1.54, 1.807) is 70.2 Å². The number of methoxy groups -OCH3 is 3. The Kier molecular flexibility index (Phi) is 8.76. The van der Waals surface area contributed by atoms with Gasteiger partial charge in [0.25, 0.3) is 5.91 Å². The zero-order valence-electron chi connectivity index (χ0n) is 31.4. The van der Waals surface area contributed by atoms with E-state index in [-0.39, 0.29) is 25.8 Å².